The lowest BCUT2D eigenvalue weighted by Crippen LogP contribution is -2.42. The van der Waals surface area contributed by atoms with E-state index in [0.717, 1.165) is 11.6 Å². The van der Waals surface area contributed by atoms with Crippen LogP contribution in [-0.4, -0.2) is 32.4 Å². The molecular formula is C19H21N3O6S. The standard InChI is InChI=1S/C19H21N3O6S/c1-11-5-4-6-14(9-11)22-29(26,27)15-8-7-12(2)16(10-15)18(24)28-13(3)17(23)21-19(20)25/h4-10,13,22H,1-3H3,(H3,20,21,23,25). The largest absolute Gasteiger partial charge is 0.449 e. The molecule has 0 aliphatic rings. The molecule has 0 aliphatic carbocycles. The van der Waals surface area contributed by atoms with Crippen molar-refractivity contribution in [3.8, 4) is 0 Å². The first kappa shape index (κ1) is 21.9. The van der Waals surface area contributed by atoms with Gasteiger partial charge in [-0.15, -0.1) is 0 Å². The monoisotopic (exact) mass is 419 g/mol. The number of benzene rings is 2. The minimum Gasteiger partial charge on any atom is -0.449 e. The van der Waals surface area contributed by atoms with Gasteiger partial charge >= 0.3 is 12.0 Å². The molecule has 1 unspecified atom stereocenters. The van der Waals surface area contributed by atoms with Gasteiger partial charge in [0.15, 0.2) is 6.10 Å². The summed E-state index contributed by atoms with van der Waals surface area (Å²) in [6.07, 6.45) is -1.31. The Hall–Kier alpha value is -3.40. The molecule has 29 heavy (non-hydrogen) atoms. The highest BCUT2D eigenvalue weighted by Crippen LogP contribution is 2.21. The number of primary amides is 1. The number of nitrogens with one attached hydrogen (secondary N) is 2. The molecule has 0 spiro atoms. The number of esters is 1. The predicted molar refractivity (Wildman–Crippen MR) is 106 cm³/mol. The number of nitrogens with two attached hydrogens (primary N) is 1. The van der Waals surface area contributed by atoms with Crippen LogP contribution < -0.4 is 15.8 Å². The molecule has 9 nitrogen and oxygen atoms in total. The molecule has 154 valence electrons. The van der Waals surface area contributed by atoms with E-state index in [4.69, 9.17) is 10.5 Å². The summed E-state index contributed by atoms with van der Waals surface area (Å²) in [4.78, 5) is 34.7. The zero-order valence-corrected chi connectivity index (χ0v) is 16.9. The first-order valence-corrected chi connectivity index (χ1v) is 9.99. The fourth-order valence-corrected chi connectivity index (χ4v) is 3.49. The number of hydrogen-bond donors (Lipinski definition) is 3. The normalized spacial score (nSPS) is 12.0. The molecule has 0 aliphatic heterocycles. The van der Waals surface area contributed by atoms with Gasteiger partial charge in [0, 0.05) is 5.69 Å². The summed E-state index contributed by atoms with van der Waals surface area (Å²) >= 11 is 0. The van der Waals surface area contributed by atoms with Gasteiger partial charge in [-0.1, -0.05) is 18.2 Å². The number of aryl methyl sites for hydroxylation is 2. The van der Waals surface area contributed by atoms with Crippen LogP contribution in [0, 0.1) is 13.8 Å². The Morgan fingerprint density at radius 3 is 2.38 bits per heavy atom. The Bertz CT molecular complexity index is 1070. The molecule has 2 aromatic rings. The molecule has 4 N–H and O–H groups in total. The van der Waals surface area contributed by atoms with E-state index in [-0.39, 0.29) is 10.5 Å². The SMILES string of the molecule is Cc1cccc(NS(=O)(=O)c2ccc(C)c(C(=O)OC(C)C(=O)NC(N)=O)c2)c1. The van der Waals surface area contributed by atoms with Crippen LogP contribution in [0.4, 0.5) is 10.5 Å². The molecular weight excluding hydrogens is 398 g/mol. The average molecular weight is 419 g/mol. The van der Waals surface area contributed by atoms with Gasteiger partial charge in [-0.25, -0.2) is 18.0 Å². The lowest BCUT2D eigenvalue weighted by molar-refractivity contribution is -0.127. The first-order chi connectivity index (χ1) is 13.5. The van der Waals surface area contributed by atoms with Crippen molar-refractivity contribution >= 4 is 33.6 Å². The molecule has 0 aromatic heterocycles. The van der Waals surface area contributed by atoms with Crippen molar-refractivity contribution in [1.29, 1.82) is 0 Å². The van der Waals surface area contributed by atoms with E-state index in [1.54, 1.807) is 30.4 Å². The lowest BCUT2D eigenvalue weighted by atomic mass is 10.1. The second kappa shape index (κ2) is 8.74. The van der Waals surface area contributed by atoms with Crippen LogP contribution in [0.2, 0.25) is 0 Å². The fourth-order valence-electron chi connectivity index (χ4n) is 2.41. The van der Waals surface area contributed by atoms with Crippen molar-refractivity contribution in [2.75, 3.05) is 4.72 Å². The zero-order valence-electron chi connectivity index (χ0n) is 16.1. The van der Waals surface area contributed by atoms with Gasteiger partial charge in [0.2, 0.25) is 0 Å². The predicted octanol–water partition coefficient (Wildman–Crippen LogP) is 1.84. The van der Waals surface area contributed by atoms with Crippen molar-refractivity contribution in [1.82, 2.24) is 5.32 Å². The number of ether oxygens (including phenoxy) is 1. The van der Waals surface area contributed by atoms with E-state index in [1.165, 1.54) is 19.1 Å². The second-order valence-electron chi connectivity index (χ2n) is 6.35. The number of urea groups is 1. The Morgan fingerprint density at radius 2 is 1.76 bits per heavy atom. The lowest BCUT2D eigenvalue weighted by Gasteiger charge is -2.14. The van der Waals surface area contributed by atoms with E-state index < -0.39 is 34.0 Å². The van der Waals surface area contributed by atoms with Gasteiger partial charge in [0.05, 0.1) is 10.5 Å². The van der Waals surface area contributed by atoms with Crippen LogP contribution in [0.25, 0.3) is 0 Å². The molecule has 0 fully saturated rings. The van der Waals surface area contributed by atoms with Gasteiger partial charge in [-0.3, -0.25) is 14.8 Å². The molecule has 3 amide bonds. The topological polar surface area (TPSA) is 145 Å². The van der Waals surface area contributed by atoms with Gasteiger partial charge in [0.1, 0.15) is 0 Å². The van der Waals surface area contributed by atoms with Crippen molar-refractivity contribution < 1.29 is 27.5 Å². The highest BCUT2D eigenvalue weighted by Gasteiger charge is 2.23. The average Bonchev–Trinajstić information content (AvgIpc) is 2.60. The van der Waals surface area contributed by atoms with E-state index in [9.17, 15) is 22.8 Å². The van der Waals surface area contributed by atoms with Crippen molar-refractivity contribution in [2.24, 2.45) is 5.73 Å². The van der Waals surface area contributed by atoms with Crippen LogP contribution in [0.5, 0.6) is 0 Å². The van der Waals surface area contributed by atoms with Crippen LogP contribution in [0.3, 0.4) is 0 Å². The maximum Gasteiger partial charge on any atom is 0.339 e. The highest BCUT2D eigenvalue weighted by atomic mass is 32.2. The summed E-state index contributed by atoms with van der Waals surface area (Å²) in [5, 5.41) is 1.80. The number of rotatable bonds is 6. The number of imide groups is 1. The smallest absolute Gasteiger partial charge is 0.339 e. The summed E-state index contributed by atoms with van der Waals surface area (Å²) in [6.45, 7) is 4.67. The molecule has 10 heteroatoms. The van der Waals surface area contributed by atoms with E-state index in [2.05, 4.69) is 4.72 Å². The molecule has 2 rings (SSSR count). The van der Waals surface area contributed by atoms with E-state index in [1.807, 2.05) is 13.0 Å². The van der Waals surface area contributed by atoms with Gasteiger partial charge in [-0.2, -0.15) is 0 Å². The third-order valence-electron chi connectivity index (χ3n) is 3.91. The van der Waals surface area contributed by atoms with E-state index in [0.29, 0.717) is 11.3 Å². The van der Waals surface area contributed by atoms with Gasteiger partial charge in [0.25, 0.3) is 15.9 Å². The number of anilines is 1. The number of carbonyl (C=O) groups excluding carboxylic acids is 3. The minimum absolute atomic E-state index is 0.0316. The Morgan fingerprint density at radius 1 is 1.07 bits per heavy atom. The Labute approximate surface area is 168 Å². The van der Waals surface area contributed by atoms with Crippen molar-refractivity contribution in [2.45, 2.75) is 31.8 Å². The molecule has 0 saturated carbocycles. The highest BCUT2D eigenvalue weighted by molar-refractivity contribution is 7.92. The summed E-state index contributed by atoms with van der Waals surface area (Å²) < 4.78 is 32.8. The summed E-state index contributed by atoms with van der Waals surface area (Å²) in [7, 11) is -3.96. The quantitative estimate of drug-likeness (QED) is 0.609. The summed E-state index contributed by atoms with van der Waals surface area (Å²) in [6, 6.07) is 9.70. The Kier molecular flexibility index (Phi) is 6.60. The van der Waals surface area contributed by atoms with Crippen molar-refractivity contribution in [3.63, 3.8) is 0 Å². The van der Waals surface area contributed by atoms with E-state index >= 15 is 0 Å². The van der Waals surface area contributed by atoms with Crippen LogP contribution in [-0.2, 0) is 19.6 Å². The van der Waals surface area contributed by atoms with Gasteiger partial charge in [-0.05, 0) is 56.2 Å². The number of hydrogen-bond acceptors (Lipinski definition) is 6. The molecule has 2 aromatic carbocycles. The van der Waals surface area contributed by atoms with Gasteiger partial charge < -0.3 is 10.5 Å². The van der Waals surface area contributed by atoms with Crippen molar-refractivity contribution in [3.05, 3.63) is 59.2 Å². The zero-order chi connectivity index (χ0) is 21.8. The summed E-state index contributed by atoms with van der Waals surface area (Å²) in [5.41, 5.74) is 6.53. The third-order valence-corrected chi connectivity index (χ3v) is 5.29. The first-order valence-electron chi connectivity index (χ1n) is 8.51. The third kappa shape index (κ3) is 5.79. The fraction of sp³-hybridized carbons (Fsp3) is 0.211. The van der Waals surface area contributed by atoms with Crippen LogP contribution >= 0.6 is 0 Å². The molecule has 1 atom stereocenters. The molecule has 0 bridgehead atoms. The van der Waals surface area contributed by atoms with Crippen LogP contribution in [0.1, 0.15) is 28.4 Å². The Balaban J connectivity index is 2.25. The maximum atomic E-state index is 12.7. The molecule has 0 radical (unpaired) electrons. The summed E-state index contributed by atoms with van der Waals surface area (Å²) in [5.74, 6) is -1.81. The maximum absolute atomic E-state index is 12.7. The minimum atomic E-state index is -3.96. The number of carbonyl (C=O) groups is 3. The number of sulfonamides is 1. The second-order valence-corrected chi connectivity index (χ2v) is 8.04. The molecule has 0 saturated heterocycles. The number of amides is 3. The molecule has 0 heterocycles. The van der Waals surface area contributed by atoms with Crippen LogP contribution in [0.15, 0.2) is 47.4 Å².